The maximum atomic E-state index is 11.9. The Balaban J connectivity index is 3.84. The van der Waals surface area contributed by atoms with Crippen LogP contribution in [0.5, 0.6) is 0 Å². The first-order chi connectivity index (χ1) is 5.61. The van der Waals surface area contributed by atoms with Gasteiger partial charge in [-0.2, -0.15) is 0 Å². The molecule has 0 bridgehead atoms. The number of aliphatic hydroxyl groups excluding tert-OH is 1. The number of alkyl halides is 2. The molecule has 3 nitrogen and oxygen atoms in total. The Morgan fingerprint density at radius 1 is 1.50 bits per heavy atom. The lowest BCUT2D eigenvalue weighted by Crippen LogP contribution is -2.42. The third-order valence-electron chi connectivity index (χ3n) is 1.72. The van der Waals surface area contributed by atoms with E-state index in [4.69, 9.17) is 10.8 Å². The fraction of sp³-hybridized carbons (Fsp3) is 1.00. The number of hydrogen-bond acceptors (Lipinski definition) is 3. The number of nitrogens with two attached hydrogens (primary N) is 1. The maximum absolute atomic E-state index is 11.9. The van der Waals surface area contributed by atoms with Gasteiger partial charge in [-0.1, -0.05) is 0 Å². The van der Waals surface area contributed by atoms with Gasteiger partial charge in [0.2, 0.25) is 0 Å². The largest absolute Gasteiger partial charge is 0.395 e. The summed E-state index contributed by atoms with van der Waals surface area (Å²) in [6, 6.07) is -0.105. The number of aliphatic hydroxyl groups is 1. The molecule has 3 N–H and O–H groups in total. The minimum atomic E-state index is -2.37. The molecule has 0 aromatic rings. The molecule has 0 aliphatic rings. The van der Waals surface area contributed by atoms with E-state index in [2.05, 4.69) is 0 Å². The molecule has 0 fully saturated rings. The van der Waals surface area contributed by atoms with Gasteiger partial charge in [0.15, 0.2) is 0 Å². The van der Waals surface area contributed by atoms with Crippen molar-refractivity contribution in [1.29, 1.82) is 0 Å². The van der Waals surface area contributed by atoms with Crippen LogP contribution in [0.3, 0.4) is 0 Å². The molecule has 74 valence electrons. The van der Waals surface area contributed by atoms with Crippen LogP contribution in [0.1, 0.15) is 6.92 Å². The molecule has 0 aliphatic heterocycles. The summed E-state index contributed by atoms with van der Waals surface area (Å²) >= 11 is 0. The van der Waals surface area contributed by atoms with Crippen LogP contribution in [0.2, 0.25) is 0 Å². The van der Waals surface area contributed by atoms with Crippen molar-refractivity contribution in [3.05, 3.63) is 0 Å². The molecule has 1 atom stereocenters. The molecule has 5 heteroatoms. The zero-order valence-corrected chi connectivity index (χ0v) is 7.21. The summed E-state index contributed by atoms with van der Waals surface area (Å²) in [5.74, 6) is 0. The van der Waals surface area contributed by atoms with Gasteiger partial charge in [0.05, 0.1) is 13.2 Å². The normalized spacial score (nSPS) is 14.2. The molecular formula is C7H16F2N2O. The third kappa shape index (κ3) is 4.58. The van der Waals surface area contributed by atoms with E-state index in [1.165, 1.54) is 4.90 Å². The van der Waals surface area contributed by atoms with Gasteiger partial charge in [-0.3, -0.25) is 4.90 Å². The monoisotopic (exact) mass is 182 g/mol. The Morgan fingerprint density at radius 3 is 2.42 bits per heavy atom. The Hall–Kier alpha value is -0.260. The second-order valence-electron chi connectivity index (χ2n) is 2.69. The summed E-state index contributed by atoms with van der Waals surface area (Å²) in [7, 11) is 0. The molecule has 0 amide bonds. The molecule has 0 rings (SSSR count). The standard InChI is InChI=1S/C7H16F2N2O/c1-6(4-10)11(2-3-12)5-7(8)9/h6-7,12H,2-5,10H2,1H3. The number of halogens is 2. The second kappa shape index (κ2) is 6.28. The number of hydrogen-bond donors (Lipinski definition) is 2. The quantitative estimate of drug-likeness (QED) is 0.602. The lowest BCUT2D eigenvalue weighted by atomic mass is 10.3. The topological polar surface area (TPSA) is 49.5 Å². The first-order valence-corrected chi connectivity index (χ1v) is 3.95. The van der Waals surface area contributed by atoms with Gasteiger partial charge in [-0.25, -0.2) is 8.78 Å². The van der Waals surface area contributed by atoms with E-state index in [1.807, 2.05) is 0 Å². The highest BCUT2D eigenvalue weighted by atomic mass is 19.3. The predicted octanol–water partition coefficient (Wildman–Crippen LogP) is -0.107. The van der Waals surface area contributed by atoms with Gasteiger partial charge in [0, 0.05) is 19.1 Å². The molecule has 0 aliphatic carbocycles. The minimum absolute atomic E-state index is 0.105. The van der Waals surface area contributed by atoms with Crippen molar-refractivity contribution in [3.63, 3.8) is 0 Å². The van der Waals surface area contributed by atoms with Gasteiger partial charge in [-0.05, 0) is 6.92 Å². The minimum Gasteiger partial charge on any atom is -0.395 e. The van der Waals surface area contributed by atoms with Gasteiger partial charge in [0.1, 0.15) is 0 Å². The second-order valence-corrected chi connectivity index (χ2v) is 2.69. The first-order valence-electron chi connectivity index (χ1n) is 3.95. The Bertz CT molecular complexity index is 114. The van der Waals surface area contributed by atoms with Crippen LogP contribution in [-0.4, -0.2) is 48.7 Å². The van der Waals surface area contributed by atoms with Crippen LogP contribution in [0.4, 0.5) is 8.78 Å². The average molecular weight is 182 g/mol. The third-order valence-corrected chi connectivity index (χ3v) is 1.72. The number of nitrogens with zero attached hydrogens (tertiary/aromatic N) is 1. The lowest BCUT2D eigenvalue weighted by molar-refractivity contribution is 0.0606. The van der Waals surface area contributed by atoms with Crippen LogP contribution in [-0.2, 0) is 0 Å². The molecule has 1 unspecified atom stereocenters. The summed E-state index contributed by atoms with van der Waals surface area (Å²) < 4.78 is 23.9. The maximum Gasteiger partial charge on any atom is 0.251 e. The highest BCUT2D eigenvalue weighted by Gasteiger charge is 2.16. The van der Waals surface area contributed by atoms with E-state index in [9.17, 15) is 8.78 Å². The van der Waals surface area contributed by atoms with Crippen LogP contribution in [0.15, 0.2) is 0 Å². The molecule has 0 aromatic carbocycles. The van der Waals surface area contributed by atoms with Crippen molar-refractivity contribution in [2.24, 2.45) is 5.73 Å². The van der Waals surface area contributed by atoms with Crippen LogP contribution in [0.25, 0.3) is 0 Å². The molecule has 12 heavy (non-hydrogen) atoms. The van der Waals surface area contributed by atoms with Gasteiger partial charge in [-0.15, -0.1) is 0 Å². The lowest BCUT2D eigenvalue weighted by Gasteiger charge is -2.26. The smallest absolute Gasteiger partial charge is 0.251 e. The van der Waals surface area contributed by atoms with Crippen molar-refractivity contribution in [1.82, 2.24) is 4.90 Å². The molecular weight excluding hydrogens is 166 g/mol. The van der Waals surface area contributed by atoms with E-state index in [-0.39, 0.29) is 25.7 Å². The zero-order valence-electron chi connectivity index (χ0n) is 7.21. The average Bonchev–Trinajstić information content (AvgIpc) is 2.01. The van der Waals surface area contributed by atoms with Crippen LogP contribution in [0, 0.1) is 0 Å². The Labute approximate surface area is 71.2 Å². The summed E-state index contributed by atoms with van der Waals surface area (Å²) in [4.78, 5) is 1.48. The molecule has 0 saturated carbocycles. The van der Waals surface area contributed by atoms with Crippen molar-refractivity contribution >= 4 is 0 Å². The molecule has 0 aromatic heterocycles. The van der Waals surface area contributed by atoms with Crippen molar-refractivity contribution in [2.75, 3.05) is 26.2 Å². The predicted molar refractivity (Wildman–Crippen MR) is 43.2 cm³/mol. The molecule has 0 spiro atoms. The fourth-order valence-electron chi connectivity index (χ4n) is 0.946. The van der Waals surface area contributed by atoms with Gasteiger partial charge in [0.25, 0.3) is 6.43 Å². The van der Waals surface area contributed by atoms with E-state index < -0.39 is 6.43 Å². The van der Waals surface area contributed by atoms with E-state index >= 15 is 0 Å². The van der Waals surface area contributed by atoms with Crippen molar-refractivity contribution in [3.8, 4) is 0 Å². The SMILES string of the molecule is CC(CN)N(CCO)CC(F)F. The molecule has 0 saturated heterocycles. The van der Waals surface area contributed by atoms with Crippen LogP contribution >= 0.6 is 0 Å². The van der Waals surface area contributed by atoms with Crippen molar-refractivity contribution < 1.29 is 13.9 Å². The fourth-order valence-corrected chi connectivity index (χ4v) is 0.946. The summed E-state index contributed by atoms with van der Waals surface area (Å²) in [6.45, 7) is 1.91. The van der Waals surface area contributed by atoms with Gasteiger partial charge >= 0.3 is 0 Å². The van der Waals surface area contributed by atoms with Gasteiger partial charge < -0.3 is 10.8 Å². The molecule has 0 radical (unpaired) electrons. The highest BCUT2D eigenvalue weighted by molar-refractivity contribution is 4.68. The Morgan fingerprint density at radius 2 is 2.08 bits per heavy atom. The summed E-state index contributed by atoms with van der Waals surface area (Å²) in [5.41, 5.74) is 5.31. The highest BCUT2D eigenvalue weighted by Crippen LogP contribution is 2.02. The van der Waals surface area contributed by atoms with Crippen molar-refractivity contribution in [2.45, 2.75) is 19.4 Å². The van der Waals surface area contributed by atoms with Crippen LogP contribution < -0.4 is 5.73 Å². The summed E-state index contributed by atoms with van der Waals surface area (Å²) in [6.07, 6.45) is -2.37. The number of rotatable bonds is 6. The Kier molecular flexibility index (Phi) is 6.14. The summed E-state index contributed by atoms with van der Waals surface area (Å²) in [5, 5.41) is 8.57. The van der Waals surface area contributed by atoms with E-state index in [0.29, 0.717) is 6.54 Å². The van der Waals surface area contributed by atoms with E-state index in [0.717, 1.165) is 0 Å². The van der Waals surface area contributed by atoms with E-state index in [1.54, 1.807) is 6.92 Å². The zero-order chi connectivity index (χ0) is 9.56. The first kappa shape index (κ1) is 11.7. The molecule has 0 heterocycles.